The van der Waals surface area contributed by atoms with Gasteiger partial charge in [-0.1, -0.05) is 98.3 Å². The molecule has 0 aliphatic carbocycles. The Balaban J connectivity index is 1.39. The van der Waals surface area contributed by atoms with Crippen LogP contribution in [-0.2, 0) is 4.74 Å². The highest BCUT2D eigenvalue weighted by atomic mass is 16.5. The van der Waals surface area contributed by atoms with Gasteiger partial charge >= 0.3 is 0 Å². The zero-order valence-corrected chi connectivity index (χ0v) is 24.0. The SMILES string of the molecule is CCCCOCC(O)COc1ccc(-c2nc(-c3cccc4ccccc34)nc(-c3cccc4ccccc34)n2)c(O)c1. The molecule has 7 heteroatoms. The van der Waals surface area contributed by atoms with Crippen molar-refractivity contribution in [1.82, 2.24) is 15.0 Å². The molecule has 5 aromatic carbocycles. The summed E-state index contributed by atoms with van der Waals surface area (Å²) in [5.74, 6) is 1.75. The highest BCUT2D eigenvalue weighted by molar-refractivity contribution is 5.97. The quantitative estimate of drug-likeness (QED) is 0.156. The molecule has 1 aromatic heterocycles. The van der Waals surface area contributed by atoms with Crippen LogP contribution in [0.4, 0.5) is 0 Å². The van der Waals surface area contributed by atoms with E-state index in [0.717, 1.165) is 45.5 Å². The number of aliphatic hydroxyl groups excluding tert-OH is 1. The molecule has 0 amide bonds. The van der Waals surface area contributed by atoms with Crippen molar-refractivity contribution in [3.05, 3.63) is 103 Å². The topological polar surface area (TPSA) is 97.6 Å². The number of nitrogens with zero attached hydrogens (tertiary/aromatic N) is 3. The zero-order chi connectivity index (χ0) is 29.6. The third kappa shape index (κ3) is 6.33. The van der Waals surface area contributed by atoms with Gasteiger partial charge in [-0.3, -0.25) is 0 Å². The highest BCUT2D eigenvalue weighted by Crippen LogP contribution is 2.35. The Kier molecular flexibility index (Phi) is 8.54. The molecule has 0 fully saturated rings. The number of hydrogen-bond donors (Lipinski definition) is 2. The summed E-state index contributed by atoms with van der Waals surface area (Å²) < 4.78 is 11.2. The molecule has 2 N–H and O–H groups in total. The van der Waals surface area contributed by atoms with E-state index in [2.05, 4.69) is 43.3 Å². The second kappa shape index (κ2) is 13.0. The van der Waals surface area contributed by atoms with E-state index in [1.165, 1.54) is 6.07 Å². The van der Waals surface area contributed by atoms with Gasteiger partial charge in [-0.25, -0.2) is 15.0 Å². The van der Waals surface area contributed by atoms with Gasteiger partial charge in [-0.15, -0.1) is 0 Å². The van der Waals surface area contributed by atoms with Crippen LogP contribution in [0.25, 0.3) is 55.7 Å². The molecular weight excluding hydrogens is 538 g/mol. The molecule has 6 rings (SSSR count). The first-order chi connectivity index (χ1) is 21.1. The molecule has 0 radical (unpaired) electrons. The molecule has 1 atom stereocenters. The van der Waals surface area contributed by atoms with E-state index in [1.54, 1.807) is 12.1 Å². The summed E-state index contributed by atoms with van der Waals surface area (Å²) in [6, 6.07) is 33.3. The molecule has 1 unspecified atom stereocenters. The Labute approximate surface area is 250 Å². The van der Waals surface area contributed by atoms with Gasteiger partial charge in [-0.05, 0) is 40.1 Å². The lowest BCUT2D eigenvalue weighted by atomic mass is 10.0. The number of aromatic nitrogens is 3. The summed E-state index contributed by atoms with van der Waals surface area (Å²) in [6.45, 7) is 2.94. The van der Waals surface area contributed by atoms with Gasteiger partial charge in [0, 0.05) is 23.8 Å². The van der Waals surface area contributed by atoms with Gasteiger partial charge in [0.15, 0.2) is 17.5 Å². The molecule has 0 spiro atoms. The summed E-state index contributed by atoms with van der Waals surface area (Å²) in [4.78, 5) is 14.7. The number of unbranched alkanes of at least 4 members (excludes halogenated alkanes) is 1. The molecule has 0 aliphatic rings. The standard InChI is InChI=1S/C36H33N3O4/c1-2-3-20-42-22-26(40)23-43-27-18-19-32(33(41)21-27)36-38-34(30-16-8-12-24-10-4-6-14-28(24)30)37-35(39-36)31-17-9-13-25-11-5-7-15-29(25)31/h4-19,21,26,40-41H,2-3,20,22-23H2,1H3. The highest BCUT2D eigenvalue weighted by Gasteiger charge is 2.18. The summed E-state index contributed by atoms with van der Waals surface area (Å²) in [6.07, 6.45) is 1.21. The van der Waals surface area contributed by atoms with Crippen LogP contribution in [0.2, 0.25) is 0 Å². The van der Waals surface area contributed by atoms with Crippen molar-refractivity contribution in [2.75, 3.05) is 19.8 Å². The minimum atomic E-state index is -0.770. The van der Waals surface area contributed by atoms with Gasteiger partial charge in [0.05, 0.1) is 12.2 Å². The van der Waals surface area contributed by atoms with Gasteiger partial charge in [0.1, 0.15) is 24.2 Å². The number of phenols is 1. The van der Waals surface area contributed by atoms with Crippen molar-refractivity contribution in [1.29, 1.82) is 0 Å². The van der Waals surface area contributed by atoms with E-state index < -0.39 is 6.10 Å². The van der Waals surface area contributed by atoms with E-state index in [4.69, 9.17) is 24.4 Å². The van der Waals surface area contributed by atoms with Crippen molar-refractivity contribution < 1.29 is 19.7 Å². The van der Waals surface area contributed by atoms with Crippen molar-refractivity contribution >= 4 is 21.5 Å². The normalized spacial score (nSPS) is 12.0. The van der Waals surface area contributed by atoms with Gasteiger partial charge < -0.3 is 19.7 Å². The Morgan fingerprint density at radius 2 is 1.21 bits per heavy atom. The second-order valence-electron chi connectivity index (χ2n) is 10.4. The number of phenolic OH excluding ortho intramolecular Hbond substituents is 1. The van der Waals surface area contributed by atoms with Crippen LogP contribution < -0.4 is 4.74 Å². The number of aromatic hydroxyl groups is 1. The molecule has 6 aromatic rings. The van der Waals surface area contributed by atoms with Crippen LogP contribution in [0.5, 0.6) is 11.5 Å². The molecule has 7 nitrogen and oxygen atoms in total. The molecule has 0 aliphatic heterocycles. The predicted molar refractivity (Wildman–Crippen MR) is 170 cm³/mol. The minimum Gasteiger partial charge on any atom is -0.507 e. The number of rotatable bonds is 11. The molecule has 0 bridgehead atoms. The third-order valence-corrected chi connectivity index (χ3v) is 7.30. The number of benzene rings is 5. The molecule has 43 heavy (non-hydrogen) atoms. The maximum Gasteiger partial charge on any atom is 0.167 e. The van der Waals surface area contributed by atoms with E-state index in [9.17, 15) is 10.2 Å². The van der Waals surface area contributed by atoms with Crippen molar-refractivity contribution in [3.8, 4) is 45.7 Å². The first-order valence-electron chi connectivity index (χ1n) is 14.5. The average molecular weight is 572 g/mol. The van der Waals surface area contributed by atoms with Crippen molar-refractivity contribution in [2.45, 2.75) is 25.9 Å². The minimum absolute atomic E-state index is 0.0369. The molecule has 0 saturated carbocycles. The Hall–Kier alpha value is -4.85. The fraction of sp³-hybridized carbons (Fsp3) is 0.194. The number of ether oxygens (including phenoxy) is 2. The van der Waals surface area contributed by atoms with Crippen LogP contribution in [0.15, 0.2) is 103 Å². The maximum absolute atomic E-state index is 11.1. The summed E-state index contributed by atoms with van der Waals surface area (Å²) in [7, 11) is 0. The van der Waals surface area contributed by atoms with E-state index in [0.29, 0.717) is 35.4 Å². The average Bonchev–Trinajstić information content (AvgIpc) is 3.05. The van der Waals surface area contributed by atoms with Crippen LogP contribution in [0.3, 0.4) is 0 Å². The van der Waals surface area contributed by atoms with Crippen LogP contribution >= 0.6 is 0 Å². The Bertz CT molecular complexity index is 1770. The van der Waals surface area contributed by atoms with Gasteiger partial charge in [0.2, 0.25) is 0 Å². The van der Waals surface area contributed by atoms with Crippen molar-refractivity contribution in [2.24, 2.45) is 0 Å². The lowest BCUT2D eigenvalue weighted by molar-refractivity contribution is 0.0113. The zero-order valence-electron chi connectivity index (χ0n) is 24.0. The first-order valence-corrected chi connectivity index (χ1v) is 14.5. The van der Waals surface area contributed by atoms with Crippen LogP contribution in [0, 0.1) is 0 Å². The van der Waals surface area contributed by atoms with Gasteiger partial charge in [-0.2, -0.15) is 0 Å². The number of aliphatic hydroxyl groups is 1. The van der Waals surface area contributed by atoms with E-state index in [-0.39, 0.29) is 19.0 Å². The monoisotopic (exact) mass is 571 g/mol. The fourth-order valence-electron chi connectivity index (χ4n) is 5.07. The molecule has 1 heterocycles. The molecule has 216 valence electrons. The summed E-state index contributed by atoms with van der Waals surface area (Å²) >= 11 is 0. The Morgan fingerprint density at radius 1 is 0.651 bits per heavy atom. The molecular formula is C36H33N3O4. The van der Waals surface area contributed by atoms with Crippen LogP contribution in [0.1, 0.15) is 19.8 Å². The number of hydrogen-bond acceptors (Lipinski definition) is 7. The van der Waals surface area contributed by atoms with Gasteiger partial charge in [0.25, 0.3) is 0 Å². The smallest absolute Gasteiger partial charge is 0.167 e. The van der Waals surface area contributed by atoms with Crippen molar-refractivity contribution in [3.63, 3.8) is 0 Å². The molecule has 0 saturated heterocycles. The van der Waals surface area contributed by atoms with E-state index in [1.807, 2.05) is 48.5 Å². The lowest BCUT2D eigenvalue weighted by Crippen LogP contribution is -2.23. The summed E-state index contributed by atoms with van der Waals surface area (Å²) in [5, 5.41) is 25.5. The third-order valence-electron chi connectivity index (χ3n) is 7.30. The maximum atomic E-state index is 11.1. The fourth-order valence-corrected chi connectivity index (χ4v) is 5.07. The second-order valence-corrected chi connectivity index (χ2v) is 10.4. The first kappa shape index (κ1) is 28.3. The predicted octanol–water partition coefficient (Wildman–Crippen LogP) is 7.44. The largest absolute Gasteiger partial charge is 0.507 e. The Morgan fingerprint density at radius 3 is 1.79 bits per heavy atom. The lowest BCUT2D eigenvalue weighted by Gasteiger charge is -2.14. The number of fused-ring (bicyclic) bond motifs is 2. The van der Waals surface area contributed by atoms with E-state index >= 15 is 0 Å². The summed E-state index contributed by atoms with van der Waals surface area (Å²) in [5.41, 5.74) is 2.19. The van der Waals surface area contributed by atoms with Crippen LogP contribution in [-0.4, -0.2) is 51.1 Å².